The van der Waals surface area contributed by atoms with Crippen LogP contribution in [-0.2, 0) is 11.2 Å². The summed E-state index contributed by atoms with van der Waals surface area (Å²) in [7, 11) is 0. The third-order valence-corrected chi connectivity index (χ3v) is 6.42. The highest BCUT2D eigenvalue weighted by Gasteiger charge is 2.28. The maximum absolute atomic E-state index is 13.5. The lowest BCUT2D eigenvalue weighted by atomic mass is 9.89. The second-order valence-corrected chi connectivity index (χ2v) is 8.90. The number of phenols is 2. The molecule has 0 aliphatic carbocycles. The smallest absolute Gasteiger partial charge is 0.265 e. The molecule has 0 unspecified atom stereocenters. The first-order chi connectivity index (χ1) is 18.3. The molecule has 3 heterocycles. The van der Waals surface area contributed by atoms with Gasteiger partial charge in [0, 0.05) is 36.2 Å². The molecule has 5 aromatic rings. The van der Waals surface area contributed by atoms with Crippen molar-refractivity contribution in [1.29, 1.82) is 0 Å². The van der Waals surface area contributed by atoms with Crippen molar-refractivity contribution in [3.05, 3.63) is 110 Å². The number of nitrogens with zero attached hydrogens (tertiary/aromatic N) is 2. The number of para-hydroxylation sites is 1. The minimum Gasteiger partial charge on any atom is -0.504 e. The lowest BCUT2D eigenvalue weighted by Crippen LogP contribution is -2.32. The average Bonchev–Trinajstić information content (AvgIpc) is 2.90. The largest absolute Gasteiger partial charge is 0.504 e. The summed E-state index contributed by atoms with van der Waals surface area (Å²) in [5.41, 5.74) is 0.431. The number of aromatic hydroxyl groups is 3. The molecule has 192 valence electrons. The Kier molecular flexibility index (Phi) is 6.53. The molecule has 1 atom stereocenters. The highest BCUT2D eigenvalue weighted by Crippen LogP contribution is 2.30. The molecule has 0 saturated carbocycles. The highest BCUT2D eigenvalue weighted by atomic mass is 16.3. The molecule has 0 aliphatic rings. The van der Waals surface area contributed by atoms with Crippen LogP contribution in [0.5, 0.6) is 17.4 Å². The Morgan fingerprint density at radius 1 is 0.974 bits per heavy atom. The zero-order chi connectivity index (χ0) is 26.8. The number of pyridine rings is 2. The van der Waals surface area contributed by atoms with Gasteiger partial charge in [-0.05, 0) is 53.8 Å². The van der Waals surface area contributed by atoms with Crippen LogP contribution in [0.1, 0.15) is 29.0 Å². The number of benzene rings is 2. The number of phenolic OH excluding ortho intramolecular Hbond substituents is 2. The number of hydrogen-bond donors (Lipinski definition) is 5. The van der Waals surface area contributed by atoms with Crippen molar-refractivity contribution in [2.24, 2.45) is 0 Å². The summed E-state index contributed by atoms with van der Waals surface area (Å²) >= 11 is 0. The van der Waals surface area contributed by atoms with E-state index in [0.717, 1.165) is 0 Å². The van der Waals surface area contributed by atoms with Crippen LogP contribution in [0, 0.1) is 0 Å². The number of fused-ring (bicyclic) bond motifs is 2. The van der Waals surface area contributed by atoms with Gasteiger partial charge in [0.15, 0.2) is 11.5 Å². The van der Waals surface area contributed by atoms with Crippen LogP contribution in [0.25, 0.3) is 16.6 Å². The van der Waals surface area contributed by atoms with E-state index in [1.54, 1.807) is 54.6 Å². The third kappa shape index (κ3) is 4.79. The molecule has 5 rings (SSSR count). The molecule has 0 aliphatic heterocycles. The van der Waals surface area contributed by atoms with Gasteiger partial charge in [0.2, 0.25) is 11.8 Å². The minimum atomic E-state index is -1.09. The van der Waals surface area contributed by atoms with Gasteiger partial charge >= 0.3 is 0 Å². The van der Waals surface area contributed by atoms with Gasteiger partial charge in [0.1, 0.15) is 5.65 Å². The summed E-state index contributed by atoms with van der Waals surface area (Å²) in [6.07, 6.45) is 1.57. The second-order valence-electron chi connectivity index (χ2n) is 8.90. The fraction of sp³-hybridized carbons (Fsp3) is 0.143. The molecule has 0 spiro atoms. The number of nitrogens with one attached hydrogen (secondary N) is 2. The van der Waals surface area contributed by atoms with E-state index in [9.17, 15) is 29.7 Å². The van der Waals surface area contributed by atoms with Crippen LogP contribution in [-0.4, -0.2) is 42.1 Å². The van der Waals surface area contributed by atoms with Crippen molar-refractivity contribution in [3.8, 4) is 17.4 Å². The van der Waals surface area contributed by atoms with Crippen LogP contribution in [0.3, 0.4) is 0 Å². The number of amides is 1. The van der Waals surface area contributed by atoms with E-state index in [2.05, 4.69) is 15.3 Å². The predicted octanol–water partition coefficient (Wildman–Crippen LogP) is 2.53. The fourth-order valence-electron chi connectivity index (χ4n) is 4.51. The van der Waals surface area contributed by atoms with Crippen molar-refractivity contribution >= 4 is 22.5 Å². The SMILES string of the molecule is O=C(C[C@H](c1cc2ccccc2[nH]c1=O)c1c(O)nc2ccccn2c1=O)NCCc1ccc(O)c(O)c1. The van der Waals surface area contributed by atoms with Crippen LogP contribution >= 0.6 is 0 Å². The summed E-state index contributed by atoms with van der Waals surface area (Å²) in [5.74, 6) is -2.59. The van der Waals surface area contributed by atoms with Crippen molar-refractivity contribution in [2.45, 2.75) is 18.8 Å². The first kappa shape index (κ1) is 24.6. The number of carbonyl (C=O) groups excluding carboxylic acids is 1. The van der Waals surface area contributed by atoms with Crippen molar-refractivity contribution in [2.75, 3.05) is 6.54 Å². The molecule has 3 aromatic heterocycles. The first-order valence-electron chi connectivity index (χ1n) is 11.9. The molecule has 0 fully saturated rings. The van der Waals surface area contributed by atoms with Crippen molar-refractivity contribution in [1.82, 2.24) is 19.7 Å². The molecular formula is C28H24N4O6. The summed E-state index contributed by atoms with van der Waals surface area (Å²) in [5, 5.41) is 33.4. The van der Waals surface area contributed by atoms with E-state index in [1.165, 1.54) is 22.7 Å². The Labute approximate surface area is 215 Å². The van der Waals surface area contributed by atoms with Gasteiger partial charge in [-0.1, -0.05) is 30.3 Å². The van der Waals surface area contributed by atoms with Gasteiger partial charge in [0.25, 0.3) is 11.1 Å². The van der Waals surface area contributed by atoms with E-state index in [0.29, 0.717) is 22.9 Å². The van der Waals surface area contributed by atoms with E-state index < -0.39 is 28.8 Å². The molecule has 5 N–H and O–H groups in total. The van der Waals surface area contributed by atoms with E-state index in [4.69, 9.17) is 0 Å². The standard InChI is InChI=1S/C28H24N4O6/c33-21-9-8-16(13-22(21)34)10-11-29-24(35)15-18(19-14-17-5-1-2-6-20(17)30-26(19)36)25-27(37)31-23-7-3-4-12-32(23)28(25)38/h1-9,12-14,18,33-34,37H,10-11,15H2,(H,29,35)(H,30,36)/t18-/m1/s1. The average molecular weight is 513 g/mol. The number of H-pyrrole nitrogens is 1. The molecular weight excluding hydrogens is 488 g/mol. The Bertz CT molecular complexity index is 1790. The Balaban J connectivity index is 1.51. The Morgan fingerprint density at radius 3 is 2.58 bits per heavy atom. The number of aromatic nitrogens is 3. The summed E-state index contributed by atoms with van der Waals surface area (Å²) < 4.78 is 1.26. The molecule has 0 bridgehead atoms. The van der Waals surface area contributed by atoms with Gasteiger partial charge < -0.3 is 25.6 Å². The van der Waals surface area contributed by atoms with Crippen LogP contribution in [0.4, 0.5) is 0 Å². The Morgan fingerprint density at radius 2 is 1.76 bits per heavy atom. The number of hydrogen-bond acceptors (Lipinski definition) is 7. The number of carbonyl (C=O) groups is 1. The van der Waals surface area contributed by atoms with Crippen molar-refractivity contribution in [3.63, 3.8) is 0 Å². The second kappa shape index (κ2) is 10.1. The van der Waals surface area contributed by atoms with Crippen molar-refractivity contribution < 1.29 is 20.1 Å². The van der Waals surface area contributed by atoms with E-state index in [1.807, 2.05) is 0 Å². The predicted molar refractivity (Wildman–Crippen MR) is 141 cm³/mol. The zero-order valence-corrected chi connectivity index (χ0v) is 20.1. The van der Waals surface area contributed by atoms with E-state index in [-0.39, 0.29) is 41.2 Å². The number of aromatic amines is 1. The molecule has 0 radical (unpaired) electrons. The van der Waals surface area contributed by atoms with Gasteiger partial charge in [-0.2, -0.15) is 4.98 Å². The lowest BCUT2D eigenvalue weighted by molar-refractivity contribution is -0.121. The van der Waals surface area contributed by atoms with Gasteiger partial charge in [-0.3, -0.25) is 18.8 Å². The molecule has 38 heavy (non-hydrogen) atoms. The molecule has 10 nitrogen and oxygen atoms in total. The normalized spacial score (nSPS) is 12.0. The summed E-state index contributed by atoms with van der Waals surface area (Å²) in [4.78, 5) is 46.6. The van der Waals surface area contributed by atoms with Gasteiger partial charge in [-0.25, -0.2) is 0 Å². The van der Waals surface area contributed by atoms with Crippen LogP contribution < -0.4 is 16.4 Å². The first-order valence-corrected chi connectivity index (χ1v) is 11.9. The number of rotatable bonds is 7. The summed E-state index contributed by atoms with van der Waals surface area (Å²) in [6.45, 7) is 0.199. The van der Waals surface area contributed by atoms with Crippen LogP contribution in [0.15, 0.2) is 82.5 Å². The van der Waals surface area contributed by atoms with E-state index >= 15 is 0 Å². The third-order valence-electron chi connectivity index (χ3n) is 6.42. The quantitative estimate of drug-likeness (QED) is 0.210. The van der Waals surface area contributed by atoms with Crippen LogP contribution in [0.2, 0.25) is 0 Å². The minimum absolute atomic E-state index is 0.146. The van der Waals surface area contributed by atoms with Gasteiger partial charge in [-0.15, -0.1) is 0 Å². The highest BCUT2D eigenvalue weighted by molar-refractivity contribution is 5.81. The maximum atomic E-state index is 13.5. The topological polar surface area (TPSA) is 157 Å². The zero-order valence-electron chi connectivity index (χ0n) is 20.1. The monoisotopic (exact) mass is 512 g/mol. The maximum Gasteiger partial charge on any atom is 0.265 e. The molecule has 2 aromatic carbocycles. The lowest BCUT2D eigenvalue weighted by Gasteiger charge is -2.18. The fourth-order valence-corrected chi connectivity index (χ4v) is 4.51. The summed E-state index contributed by atoms with van der Waals surface area (Å²) in [6, 6.07) is 18.0. The molecule has 10 heteroatoms. The Hall–Kier alpha value is -5.12. The van der Waals surface area contributed by atoms with Gasteiger partial charge in [0.05, 0.1) is 5.56 Å². The molecule has 1 amide bonds. The molecule has 0 saturated heterocycles.